The van der Waals surface area contributed by atoms with Gasteiger partial charge in [0, 0.05) is 34.7 Å². The number of anilines is 1. The molecule has 2 saturated heterocycles. The number of nitrogens with one attached hydrogen (secondary N) is 3. The van der Waals surface area contributed by atoms with Crippen LogP contribution in [-0.4, -0.2) is 41.4 Å². The van der Waals surface area contributed by atoms with Crippen LogP contribution in [0.25, 0.3) is 22.2 Å². The number of ketones is 1. The molecule has 1 amide bonds. The van der Waals surface area contributed by atoms with E-state index in [1.807, 2.05) is 34.9 Å². The maximum absolute atomic E-state index is 14.4. The van der Waals surface area contributed by atoms with Crippen molar-refractivity contribution in [3.05, 3.63) is 83.2 Å². The summed E-state index contributed by atoms with van der Waals surface area (Å²) in [5.41, 5.74) is 3.64. The van der Waals surface area contributed by atoms with E-state index in [4.69, 9.17) is 4.74 Å². The second-order valence-electron chi connectivity index (χ2n) is 11.2. The summed E-state index contributed by atoms with van der Waals surface area (Å²) in [7, 11) is 0. The van der Waals surface area contributed by atoms with Crippen molar-refractivity contribution < 1.29 is 27.5 Å². The number of amides is 1. The largest absolute Gasteiger partial charge is 0.465 e. The summed E-state index contributed by atoms with van der Waals surface area (Å²) in [6.45, 7) is 1.63. The highest BCUT2D eigenvalue weighted by molar-refractivity contribution is 5.96. The maximum atomic E-state index is 14.4. The predicted molar refractivity (Wildman–Crippen MR) is 152 cm³/mol. The van der Waals surface area contributed by atoms with E-state index in [1.165, 1.54) is 0 Å². The lowest BCUT2D eigenvalue weighted by Crippen LogP contribution is -2.35. The van der Waals surface area contributed by atoms with Crippen LogP contribution in [0.4, 0.5) is 18.9 Å². The highest BCUT2D eigenvalue weighted by atomic mass is 19.2. The lowest BCUT2D eigenvalue weighted by Gasteiger charge is -2.30. The van der Waals surface area contributed by atoms with Crippen LogP contribution in [0.5, 0.6) is 5.75 Å². The molecule has 3 N–H and O–H groups in total. The highest BCUT2D eigenvalue weighted by Gasteiger charge is 2.31. The molecule has 0 saturated carbocycles. The monoisotopic (exact) mass is 574 g/mol. The zero-order valence-corrected chi connectivity index (χ0v) is 22.7. The molecule has 0 spiro atoms. The molecule has 4 heterocycles. The number of rotatable bonds is 6. The minimum absolute atomic E-state index is 0.0898. The lowest BCUT2D eigenvalue weighted by molar-refractivity contribution is -0.120. The molecule has 4 aromatic rings. The lowest BCUT2D eigenvalue weighted by atomic mass is 10.0. The normalized spacial score (nSPS) is 21.2. The summed E-state index contributed by atoms with van der Waals surface area (Å²) < 4.78 is 50.8. The molecule has 10 heteroatoms. The molecule has 0 aliphatic carbocycles. The van der Waals surface area contributed by atoms with E-state index in [2.05, 4.69) is 16.0 Å². The molecule has 0 unspecified atom stereocenters. The highest BCUT2D eigenvalue weighted by Crippen LogP contribution is 2.45. The fraction of sp³-hybridized carbons (Fsp3) is 0.312. The number of carbonyl (C=O) groups excluding carboxylic acids is 2. The van der Waals surface area contributed by atoms with Gasteiger partial charge in [-0.2, -0.15) is 0 Å². The van der Waals surface area contributed by atoms with Crippen LogP contribution < -0.4 is 20.7 Å². The predicted octanol–water partition coefficient (Wildman–Crippen LogP) is 5.22. The number of halogens is 3. The zero-order chi connectivity index (χ0) is 29.0. The molecule has 3 aromatic carbocycles. The van der Waals surface area contributed by atoms with Crippen molar-refractivity contribution in [1.29, 1.82) is 0 Å². The molecule has 42 heavy (non-hydrogen) atoms. The van der Waals surface area contributed by atoms with Crippen LogP contribution in [0.15, 0.2) is 54.6 Å². The zero-order valence-electron chi connectivity index (χ0n) is 22.7. The van der Waals surface area contributed by atoms with Gasteiger partial charge in [-0.15, -0.1) is 0 Å². The van der Waals surface area contributed by atoms with Gasteiger partial charge in [0.05, 0.1) is 23.3 Å². The molecule has 3 aliphatic heterocycles. The van der Waals surface area contributed by atoms with Gasteiger partial charge in [0.25, 0.3) is 0 Å². The van der Waals surface area contributed by atoms with E-state index in [1.54, 1.807) is 12.1 Å². The number of hydrogen-bond acceptors (Lipinski definition) is 5. The van der Waals surface area contributed by atoms with Crippen molar-refractivity contribution in [2.45, 2.75) is 50.4 Å². The Balaban J connectivity index is 1.29. The first-order valence-electron chi connectivity index (χ1n) is 14.3. The van der Waals surface area contributed by atoms with Gasteiger partial charge in [-0.3, -0.25) is 9.59 Å². The van der Waals surface area contributed by atoms with Crippen LogP contribution in [0.1, 0.15) is 43.0 Å². The molecule has 1 aromatic heterocycles. The average molecular weight is 575 g/mol. The molecule has 3 aliphatic rings. The SMILES string of the molecule is O=C(Cc1ccc2c(c1)cc1n2[C@H](c2cc(F)c(F)c(F)c2)Oc2cc(NC(=O)[C@@H]3CCCN3)ccc2-1)[C@@H]1CCCN1. The quantitative estimate of drug-likeness (QED) is 0.275. The van der Waals surface area contributed by atoms with Crippen LogP contribution in [0, 0.1) is 17.5 Å². The number of benzene rings is 3. The second kappa shape index (κ2) is 10.6. The van der Waals surface area contributed by atoms with Crippen molar-refractivity contribution in [3.63, 3.8) is 0 Å². The van der Waals surface area contributed by atoms with E-state index in [0.29, 0.717) is 11.4 Å². The minimum atomic E-state index is -1.55. The van der Waals surface area contributed by atoms with E-state index in [9.17, 15) is 22.8 Å². The van der Waals surface area contributed by atoms with Gasteiger partial charge in [-0.25, -0.2) is 13.2 Å². The first-order chi connectivity index (χ1) is 20.4. The Labute approximate surface area is 240 Å². The topological polar surface area (TPSA) is 84.4 Å². The van der Waals surface area contributed by atoms with Crippen LogP contribution in [0.2, 0.25) is 0 Å². The summed E-state index contributed by atoms with van der Waals surface area (Å²) >= 11 is 0. The van der Waals surface area contributed by atoms with Crippen molar-refractivity contribution in [3.8, 4) is 17.0 Å². The van der Waals surface area contributed by atoms with Gasteiger partial charge in [0.1, 0.15) is 5.75 Å². The van der Waals surface area contributed by atoms with Crippen molar-refractivity contribution in [2.24, 2.45) is 0 Å². The first kappa shape index (κ1) is 26.7. The summed E-state index contributed by atoms with van der Waals surface area (Å²) in [6, 6.07) is 14.4. The van der Waals surface area contributed by atoms with Crippen molar-refractivity contribution in [2.75, 3.05) is 18.4 Å². The Bertz CT molecular complexity index is 1700. The molecule has 216 valence electrons. The number of nitrogens with zero attached hydrogens (tertiary/aromatic N) is 1. The first-order valence-corrected chi connectivity index (χ1v) is 14.3. The molecule has 0 radical (unpaired) electrons. The van der Waals surface area contributed by atoms with Crippen LogP contribution in [-0.2, 0) is 16.0 Å². The fourth-order valence-corrected chi connectivity index (χ4v) is 6.29. The van der Waals surface area contributed by atoms with E-state index in [-0.39, 0.29) is 35.8 Å². The molecule has 2 fully saturated rings. The van der Waals surface area contributed by atoms with Crippen molar-refractivity contribution in [1.82, 2.24) is 15.2 Å². The van der Waals surface area contributed by atoms with E-state index < -0.39 is 23.7 Å². The van der Waals surface area contributed by atoms with Gasteiger partial charge in [0.15, 0.2) is 23.2 Å². The third-order valence-corrected chi connectivity index (χ3v) is 8.40. The van der Waals surface area contributed by atoms with Gasteiger partial charge < -0.3 is 25.3 Å². The number of carbonyl (C=O) groups is 2. The molecule has 0 bridgehead atoms. The molecule has 7 rings (SSSR count). The summed E-state index contributed by atoms with van der Waals surface area (Å²) in [5.74, 6) is -3.79. The Hall–Kier alpha value is -4.15. The Morgan fingerprint density at radius 2 is 1.64 bits per heavy atom. The smallest absolute Gasteiger partial charge is 0.241 e. The third kappa shape index (κ3) is 4.74. The van der Waals surface area contributed by atoms with Gasteiger partial charge in [-0.1, -0.05) is 6.07 Å². The summed E-state index contributed by atoms with van der Waals surface area (Å²) in [6.07, 6.45) is 2.76. The molecule has 7 nitrogen and oxygen atoms in total. The van der Waals surface area contributed by atoms with Crippen LogP contribution >= 0.6 is 0 Å². The number of fused-ring (bicyclic) bond motifs is 5. The summed E-state index contributed by atoms with van der Waals surface area (Å²) in [5, 5.41) is 10.2. The Kier molecular flexibility index (Phi) is 6.74. The van der Waals surface area contributed by atoms with E-state index in [0.717, 1.165) is 78.6 Å². The Morgan fingerprint density at radius 1 is 0.905 bits per heavy atom. The number of hydrogen-bond donors (Lipinski definition) is 3. The van der Waals surface area contributed by atoms with Gasteiger partial charge in [-0.05, 0) is 86.8 Å². The average Bonchev–Trinajstić information content (AvgIpc) is 3.76. The Morgan fingerprint density at radius 3 is 2.36 bits per heavy atom. The minimum Gasteiger partial charge on any atom is -0.465 e. The standard InChI is InChI=1S/C32H29F3N4O3/c33-22-13-19(14-23(34)30(22)35)32-39-26-8-5-17(12-28(40)24-3-1-9-36-24)11-18(26)15-27(39)21-7-6-20(16-29(21)42-32)38-31(41)25-4-2-10-37-25/h5-8,11,13-16,24-25,32,36-37H,1-4,9-10,12H2,(H,38,41)/t24-,25-,32-/m0/s1. The molecular formula is C32H29F3N4O3. The van der Waals surface area contributed by atoms with E-state index >= 15 is 0 Å². The number of Topliss-reactive ketones (excluding diaryl/α,β-unsaturated/α-hetero) is 1. The number of ether oxygens (including phenoxy) is 1. The summed E-state index contributed by atoms with van der Waals surface area (Å²) in [4.78, 5) is 25.5. The maximum Gasteiger partial charge on any atom is 0.241 e. The second-order valence-corrected chi connectivity index (χ2v) is 11.2. The van der Waals surface area contributed by atoms with Gasteiger partial charge in [0.2, 0.25) is 12.1 Å². The molecular weight excluding hydrogens is 545 g/mol. The van der Waals surface area contributed by atoms with Crippen LogP contribution in [0.3, 0.4) is 0 Å². The molecule has 3 atom stereocenters. The van der Waals surface area contributed by atoms with Crippen molar-refractivity contribution >= 4 is 28.3 Å². The fourth-order valence-electron chi connectivity index (χ4n) is 6.29. The van der Waals surface area contributed by atoms with Gasteiger partial charge >= 0.3 is 0 Å². The number of aromatic nitrogens is 1. The third-order valence-electron chi connectivity index (χ3n) is 8.40.